The van der Waals surface area contributed by atoms with Crippen molar-refractivity contribution in [3.05, 3.63) is 307 Å². The van der Waals surface area contributed by atoms with Crippen LogP contribution in [-0.4, -0.2) is 19.1 Å². The van der Waals surface area contributed by atoms with Gasteiger partial charge >= 0.3 is 0 Å². The minimum absolute atomic E-state index is 0.197. The molecular weight excluding hydrogens is 1090 g/mol. The predicted molar refractivity (Wildman–Crippen MR) is 379 cm³/mol. The summed E-state index contributed by atoms with van der Waals surface area (Å²) in [5, 5.41) is 14.4. The molecule has 0 saturated carbocycles. The van der Waals surface area contributed by atoms with E-state index in [0.29, 0.717) is 5.95 Å². The highest BCUT2D eigenvalue weighted by Gasteiger charge is 2.36. The lowest BCUT2D eigenvalue weighted by Crippen LogP contribution is -2.16. The van der Waals surface area contributed by atoms with Crippen molar-refractivity contribution in [2.45, 2.75) is 33.1 Å². The third-order valence-electron chi connectivity index (χ3n) is 19.3. The van der Waals surface area contributed by atoms with Gasteiger partial charge in [0.05, 0.1) is 33.5 Å². The Hall–Kier alpha value is -11.4. The van der Waals surface area contributed by atoms with E-state index in [4.69, 9.17) is 9.97 Å². The summed E-state index contributed by atoms with van der Waals surface area (Å²) >= 11 is 0. The zero-order valence-electron chi connectivity index (χ0n) is 50.4. The van der Waals surface area contributed by atoms with Gasteiger partial charge in [-0.25, -0.2) is 9.97 Å². The lowest BCUT2D eigenvalue weighted by molar-refractivity contribution is 0.660. The van der Waals surface area contributed by atoms with Gasteiger partial charge in [-0.1, -0.05) is 214 Å². The number of nitrogens with zero attached hydrogens (tertiary/aromatic N) is 5. The molecule has 0 atom stereocenters. The van der Waals surface area contributed by atoms with Crippen LogP contribution in [0.2, 0.25) is 0 Å². The average Bonchev–Trinajstić information content (AvgIpc) is 1.54. The fraction of sp³-hybridized carbons (Fsp3) is 0.0588. The first-order valence-corrected chi connectivity index (χ1v) is 31.2. The van der Waals surface area contributed by atoms with E-state index in [1.807, 2.05) is 0 Å². The van der Waals surface area contributed by atoms with Gasteiger partial charge in [0.1, 0.15) is 0 Å². The Bertz CT molecular complexity index is 5810. The molecule has 5 nitrogen and oxygen atoms in total. The van der Waals surface area contributed by atoms with Crippen LogP contribution in [0.1, 0.15) is 36.1 Å². The molecule has 18 rings (SSSR count). The Morgan fingerprint density at radius 1 is 0.300 bits per heavy atom. The van der Waals surface area contributed by atoms with Gasteiger partial charge in [-0.05, 0) is 186 Å². The summed E-state index contributed by atoms with van der Waals surface area (Å²) in [7, 11) is 0. The number of hydrogen-bond donors (Lipinski definition) is 0. The third kappa shape index (κ3) is 8.02. The topological polar surface area (TPSA) is 38.9 Å². The zero-order chi connectivity index (χ0) is 59.9. The molecule has 90 heavy (non-hydrogen) atoms. The summed E-state index contributed by atoms with van der Waals surface area (Å²) in [6.45, 7) is 9.16. The van der Waals surface area contributed by atoms with Gasteiger partial charge in [-0.15, -0.1) is 0 Å². The molecule has 17 aromatic rings. The predicted octanol–water partition coefficient (Wildman–Crippen LogP) is 22.7. The van der Waals surface area contributed by atoms with E-state index >= 15 is 0 Å². The van der Waals surface area contributed by atoms with E-state index in [-0.39, 0.29) is 5.41 Å². The van der Waals surface area contributed by atoms with Crippen LogP contribution in [0.15, 0.2) is 285 Å². The lowest BCUT2D eigenvalue weighted by atomic mass is 9.82. The number of rotatable bonds is 8. The molecule has 1 aliphatic rings. The van der Waals surface area contributed by atoms with Crippen molar-refractivity contribution in [1.29, 1.82) is 0 Å². The molecule has 0 spiro atoms. The number of hydrogen-bond acceptors (Lipinski definition) is 3. The van der Waals surface area contributed by atoms with Crippen molar-refractivity contribution < 1.29 is 0 Å². The van der Waals surface area contributed by atoms with Crippen LogP contribution in [-0.2, 0) is 5.41 Å². The second-order valence-corrected chi connectivity index (χ2v) is 25.1. The molecule has 5 heteroatoms. The maximum absolute atomic E-state index is 5.67. The van der Waals surface area contributed by atoms with Crippen LogP contribution in [0.25, 0.3) is 143 Å². The first-order chi connectivity index (χ1) is 44.2. The molecule has 3 aromatic heterocycles. The highest BCUT2D eigenvalue weighted by molar-refractivity contribution is 6.30. The summed E-state index contributed by atoms with van der Waals surface area (Å²) in [5.74, 6) is 0.596. The number of fused-ring (bicyclic) bond motifs is 16. The molecule has 424 valence electrons. The summed E-state index contributed by atoms with van der Waals surface area (Å²) in [6.07, 6.45) is 0. The first-order valence-electron chi connectivity index (χ1n) is 31.2. The number of anilines is 3. The Morgan fingerprint density at radius 2 is 0.767 bits per heavy atom. The Kier molecular flexibility index (Phi) is 11.4. The van der Waals surface area contributed by atoms with E-state index in [1.54, 1.807) is 0 Å². The molecule has 0 unspecified atom stereocenters. The van der Waals surface area contributed by atoms with Crippen LogP contribution < -0.4 is 4.90 Å². The normalized spacial score (nSPS) is 12.8. The Balaban J connectivity index is 0.952. The van der Waals surface area contributed by atoms with Crippen molar-refractivity contribution >= 4 is 104 Å². The highest BCUT2D eigenvalue weighted by Crippen LogP contribution is 2.52. The van der Waals surface area contributed by atoms with E-state index in [0.717, 1.165) is 89.1 Å². The van der Waals surface area contributed by atoms with Gasteiger partial charge < -0.3 is 9.47 Å². The van der Waals surface area contributed by atoms with Crippen molar-refractivity contribution in [1.82, 2.24) is 19.1 Å². The smallest absolute Gasteiger partial charge is 0.235 e. The molecule has 0 radical (unpaired) electrons. The van der Waals surface area contributed by atoms with Gasteiger partial charge in [-0.3, -0.25) is 4.57 Å². The summed E-state index contributed by atoms with van der Waals surface area (Å²) < 4.78 is 4.86. The van der Waals surface area contributed by atoms with E-state index in [1.165, 1.54) is 87.4 Å². The molecule has 0 amide bonds. The molecular formula is C85H59N5. The molecule has 0 aliphatic heterocycles. The first kappa shape index (κ1) is 51.8. The Labute approximate surface area is 521 Å². The van der Waals surface area contributed by atoms with Crippen LogP contribution in [0.5, 0.6) is 0 Å². The molecule has 14 aromatic carbocycles. The van der Waals surface area contributed by atoms with Crippen molar-refractivity contribution in [2.24, 2.45) is 0 Å². The molecule has 0 bridgehead atoms. The third-order valence-corrected chi connectivity index (χ3v) is 19.3. The van der Waals surface area contributed by atoms with Gasteiger partial charge in [0, 0.05) is 60.8 Å². The molecule has 0 saturated heterocycles. The second-order valence-electron chi connectivity index (χ2n) is 25.1. The summed E-state index contributed by atoms with van der Waals surface area (Å²) in [6, 6.07) is 105. The maximum atomic E-state index is 5.67. The van der Waals surface area contributed by atoms with Crippen LogP contribution >= 0.6 is 0 Å². The fourth-order valence-electron chi connectivity index (χ4n) is 15.1. The second kappa shape index (κ2) is 19.8. The van der Waals surface area contributed by atoms with Crippen LogP contribution in [0.4, 0.5) is 17.1 Å². The molecule has 0 fully saturated rings. The lowest BCUT2D eigenvalue weighted by Gasteiger charge is -2.28. The van der Waals surface area contributed by atoms with Crippen molar-refractivity contribution in [3.63, 3.8) is 0 Å². The Morgan fingerprint density at radius 3 is 1.46 bits per heavy atom. The van der Waals surface area contributed by atoms with Gasteiger partial charge in [0.15, 0.2) is 0 Å². The zero-order valence-corrected chi connectivity index (χ0v) is 50.4. The van der Waals surface area contributed by atoms with Gasteiger partial charge in [0.25, 0.3) is 0 Å². The van der Waals surface area contributed by atoms with Gasteiger partial charge in [-0.2, -0.15) is 0 Å². The van der Waals surface area contributed by atoms with Crippen molar-refractivity contribution in [3.8, 4) is 56.4 Å². The standard InChI is InChI=1S/C85H59N5/c1-52-41-53(2)43-63(42-52)89-81-48-71-67-28-16-14-26-65(67)64-25-13-15-27-66(64)70(71)47-73(81)75-50-83-74(49-82(75)89)72-45-61(88(60-36-35-55-21-11-12-24-59(55)44-60)62-37-39-69-68-29-17-18-30-76(68)85(3,4)77(69)46-62)38-40-80(72)90(83)84-86-78(57-22-9-6-10-23-57)51-79(87-84)58-33-31-56(32-34-58)54-19-7-5-8-20-54/h5-51H,1-4H3. The van der Waals surface area contributed by atoms with Crippen molar-refractivity contribution in [2.75, 3.05) is 4.90 Å². The molecule has 0 N–H and O–H groups in total. The van der Waals surface area contributed by atoms with Gasteiger partial charge in [0.2, 0.25) is 5.95 Å². The average molecular weight is 1150 g/mol. The maximum Gasteiger partial charge on any atom is 0.235 e. The van der Waals surface area contributed by atoms with Crippen LogP contribution in [0.3, 0.4) is 0 Å². The largest absolute Gasteiger partial charge is 0.310 e. The molecule has 3 heterocycles. The van der Waals surface area contributed by atoms with Crippen LogP contribution in [0, 0.1) is 13.8 Å². The summed E-state index contributed by atoms with van der Waals surface area (Å²) in [5.41, 5.74) is 22.2. The number of aryl methyl sites for hydroxylation is 2. The minimum Gasteiger partial charge on any atom is -0.310 e. The van der Waals surface area contributed by atoms with E-state index in [2.05, 4.69) is 327 Å². The monoisotopic (exact) mass is 1150 g/mol. The van der Waals surface area contributed by atoms with E-state index < -0.39 is 0 Å². The highest BCUT2D eigenvalue weighted by atomic mass is 15.2. The molecule has 1 aliphatic carbocycles. The van der Waals surface area contributed by atoms with E-state index in [9.17, 15) is 0 Å². The number of aromatic nitrogens is 4. The quantitative estimate of drug-likeness (QED) is 0.142. The minimum atomic E-state index is -0.197. The SMILES string of the molecule is Cc1cc(C)cc(-n2c3cc4c5ccccc5c5ccccc5c4cc3c3cc4c(cc32)c2cc(N(c3ccc5c(c3)C(C)(C)c3ccccc3-5)c3ccc5ccccc5c3)ccc2n4-c2nc(-c3ccccc3)cc(-c3ccc(-c4ccccc4)cc3)n2)c1. The summed E-state index contributed by atoms with van der Waals surface area (Å²) in [4.78, 5) is 13.8. The number of benzene rings is 14. The fourth-order valence-corrected chi connectivity index (χ4v) is 15.1.